The van der Waals surface area contributed by atoms with E-state index in [1.54, 1.807) is 12.3 Å². The zero-order valence-electron chi connectivity index (χ0n) is 11.4. The largest absolute Gasteiger partial charge is 0.310 e. The molecule has 0 radical (unpaired) electrons. The smallest absolute Gasteiger partial charge is 0.159 e. The van der Waals surface area contributed by atoms with Crippen molar-refractivity contribution in [3.8, 4) is 0 Å². The zero-order valence-corrected chi connectivity index (χ0v) is 11.4. The Hall–Kier alpha value is -1.81. The highest BCUT2D eigenvalue weighted by atomic mass is 19.2. The molecule has 1 heterocycles. The van der Waals surface area contributed by atoms with Crippen molar-refractivity contribution in [3.63, 3.8) is 0 Å². The van der Waals surface area contributed by atoms with Crippen molar-refractivity contribution < 1.29 is 8.78 Å². The molecule has 0 spiro atoms. The highest BCUT2D eigenvalue weighted by Gasteiger charge is 2.13. The molecular formula is C16H18F2N2. The molecule has 20 heavy (non-hydrogen) atoms. The number of nitrogens with one attached hydrogen (secondary N) is 1. The van der Waals surface area contributed by atoms with Crippen molar-refractivity contribution in [2.45, 2.75) is 25.8 Å². The Morgan fingerprint density at radius 2 is 2.05 bits per heavy atom. The van der Waals surface area contributed by atoms with Crippen LogP contribution in [0.25, 0.3) is 0 Å². The second-order valence-corrected chi connectivity index (χ2v) is 4.68. The molecule has 106 valence electrons. The van der Waals surface area contributed by atoms with E-state index in [0.29, 0.717) is 0 Å². The van der Waals surface area contributed by atoms with Crippen LogP contribution in [-0.2, 0) is 6.42 Å². The first-order chi connectivity index (χ1) is 9.70. The first kappa shape index (κ1) is 14.6. The molecule has 0 aliphatic rings. The first-order valence-corrected chi connectivity index (χ1v) is 6.78. The molecule has 2 nitrogen and oxygen atoms in total. The Morgan fingerprint density at radius 3 is 2.70 bits per heavy atom. The van der Waals surface area contributed by atoms with Gasteiger partial charge in [0.2, 0.25) is 0 Å². The van der Waals surface area contributed by atoms with Crippen LogP contribution in [0.2, 0.25) is 0 Å². The van der Waals surface area contributed by atoms with Gasteiger partial charge in [-0.3, -0.25) is 4.98 Å². The van der Waals surface area contributed by atoms with Gasteiger partial charge in [-0.25, -0.2) is 8.78 Å². The molecule has 2 aromatic rings. The van der Waals surface area contributed by atoms with Crippen molar-refractivity contribution in [2.24, 2.45) is 0 Å². The number of benzene rings is 1. The lowest BCUT2D eigenvalue weighted by atomic mass is 9.99. The minimum absolute atomic E-state index is 0.00954. The molecular weight excluding hydrogens is 258 g/mol. The van der Waals surface area contributed by atoms with E-state index in [1.807, 2.05) is 25.3 Å². The normalized spacial score (nSPS) is 12.3. The average Bonchev–Trinajstić information content (AvgIpc) is 2.47. The summed E-state index contributed by atoms with van der Waals surface area (Å²) < 4.78 is 26.3. The molecule has 4 heteroatoms. The third kappa shape index (κ3) is 3.84. The predicted molar refractivity (Wildman–Crippen MR) is 75.3 cm³/mol. The Labute approximate surface area is 117 Å². The highest BCUT2D eigenvalue weighted by molar-refractivity contribution is 5.22. The minimum Gasteiger partial charge on any atom is -0.310 e. The molecule has 2 rings (SSSR count). The van der Waals surface area contributed by atoms with E-state index in [-0.39, 0.29) is 6.04 Å². The molecule has 0 aliphatic carbocycles. The number of halogens is 2. The fraction of sp³-hybridized carbons (Fsp3) is 0.312. The van der Waals surface area contributed by atoms with Crippen LogP contribution >= 0.6 is 0 Å². The van der Waals surface area contributed by atoms with Crippen LogP contribution in [0.4, 0.5) is 8.78 Å². The van der Waals surface area contributed by atoms with Crippen LogP contribution in [0.1, 0.15) is 30.5 Å². The Morgan fingerprint density at radius 1 is 1.20 bits per heavy atom. The van der Waals surface area contributed by atoms with E-state index < -0.39 is 11.6 Å². The van der Waals surface area contributed by atoms with Gasteiger partial charge in [0, 0.05) is 18.4 Å². The van der Waals surface area contributed by atoms with Crippen LogP contribution < -0.4 is 5.32 Å². The summed E-state index contributed by atoms with van der Waals surface area (Å²) in [5.74, 6) is -1.61. The highest BCUT2D eigenvalue weighted by Crippen LogP contribution is 2.21. The van der Waals surface area contributed by atoms with Crippen molar-refractivity contribution in [3.05, 3.63) is 65.5 Å². The lowest BCUT2D eigenvalue weighted by molar-refractivity contribution is 0.488. The fourth-order valence-corrected chi connectivity index (χ4v) is 2.22. The molecule has 0 saturated heterocycles. The standard InChI is InChI=1S/C16H18F2N2/c1-2-20-16(8-5-12-4-3-9-19-11-12)13-6-7-14(17)15(18)10-13/h3-4,6-7,9-11,16,20H,2,5,8H2,1H3. The first-order valence-electron chi connectivity index (χ1n) is 6.78. The lowest BCUT2D eigenvalue weighted by Crippen LogP contribution is -2.21. The maximum absolute atomic E-state index is 13.3. The maximum Gasteiger partial charge on any atom is 0.159 e. The maximum atomic E-state index is 13.3. The summed E-state index contributed by atoms with van der Waals surface area (Å²) in [4.78, 5) is 4.08. The van der Waals surface area contributed by atoms with Crippen molar-refractivity contribution >= 4 is 0 Å². The number of rotatable bonds is 6. The molecule has 1 aromatic carbocycles. The predicted octanol–water partition coefficient (Wildman–Crippen LogP) is 3.64. The van der Waals surface area contributed by atoms with Gasteiger partial charge < -0.3 is 5.32 Å². The van der Waals surface area contributed by atoms with Gasteiger partial charge >= 0.3 is 0 Å². The summed E-state index contributed by atoms with van der Waals surface area (Å²) in [5, 5.41) is 3.31. The van der Waals surface area contributed by atoms with Gasteiger partial charge in [0.15, 0.2) is 11.6 Å². The lowest BCUT2D eigenvalue weighted by Gasteiger charge is -2.18. The Bertz CT molecular complexity index is 543. The number of pyridine rings is 1. The summed E-state index contributed by atoms with van der Waals surface area (Å²) in [6.07, 6.45) is 5.21. The number of aromatic nitrogens is 1. The monoisotopic (exact) mass is 276 g/mol. The SMILES string of the molecule is CCNC(CCc1cccnc1)c1ccc(F)c(F)c1. The topological polar surface area (TPSA) is 24.9 Å². The minimum atomic E-state index is -0.809. The molecule has 0 saturated carbocycles. The average molecular weight is 276 g/mol. The molecule has 0 bridgehead atoms. The Kier molecular flexibility index (Phi) is 5.18. The van der Waals surface area contributed by atoms with Crippen LogP contribution in [0.5, 0.6) is 0 Å². The van der Waals surface area contributed by atoms with Gasteiger partial charge in [-0.1, -0.05) is 19.1 Å². The molecule has 1 atom stereocenters. The zero-order chi connectivity index (χ0) is 14.4. The summed E-state index contributed by atoms with van der Waals surface area (Å²) in [5.41, 5.74) is 1.91. The molecule has 0 fully saturated rings. The van der Waals surface area contributed by atoms with Crippen molar-refractivity contribution in [2.75, 3.05) is 6.54 Å². The molecule has 1 aromatic heterocycles. The van der Waals surface area contributed by atoms with Gasteiger partial charge in [0.25, 0.3) is 0 Å². The molecule has 0 amide bonds. The van der Waals surface area contributed by atoms with Gasteiger partial charge in [-0.15, -0.1) is 0 Å². The molecule has 1 unspecified atom stereocenters. The fourth-order valence-electron chi connectivity index (χ4n) is 2.22. The number of hydrogen-bond acceptors (Lipinski definition) is 2. The van der Waals surface area contributed by atoms with Crippen LogP contribution in [0.15, 0.2) is 42.7 Å². The second kappa shape index (κ2) is 7.10. The van der Waals surface area contributed by atoms with Crippen LogP contribution in [0, 0.1) is 11.6 Å². The summed E-state index contributed by atoms with van der Waals surface area (Å²) in [6, 6.07) is 8.01. The summed E-state index contributed by atoms with van der Waals surface area (Å²) in [6.45, 7) is 2.77. The number of nitrogens with zero attached hydrogens (tertiary/aromatic N) is 1. The molecule has 1 N–H and O–H groups in total. The van der Waals surface area contributed by atoms with E-state index in [4.69, 9.17) is 0 Å². The van der Waals surface area contributed by atoms with Gasteiger partial charge in [0.05, 0.1) is 0 Å². The Balaban J connectivity index is 2.08. The summed E-state index contributed by atoms with van der Waals surface area (Å²) >= 11 is 0. The van der Waals surface area contributed by atoms with E-state index in [9.17, 15) is 8.78 Å². The van der Waals surface area contributed by atoms with E-state index in [0.717, 1.165) is 30.5 Å². The quantitative estimate of drug-likeness (QED) is 0.871. The molecule has 0 aliphatic heterocycles. The van der Waals surface area contributed by atoms with Gasteiger partial charge in [-0.05, 0) is 48.7 Å². The summed E-state index contributed by atoms with van der Waals surface area (Å²) in [7, 11) is 0. The van der Waals surface area contributed by atoms with Crippen LogP contribution in [-0.4, -0.2) is 11.5 Å². The second-order valence-electron chi connectivity index (χ2n) is 4.68. The third-order valence-corrected chi connectivity index (χ3v) is 3.24. The van der Waals surface area contributed by atoms with E-state index in [2.05, 4.69) is 10.3 Å². The van der Waals surface area contributed by atoms with Gasteiger partial charge in [-0.2, -0.15) is 0 Å². The van der Waals surface area contributed by atoms with Crippen molar-refractivity contribution in [1.82, 2.24) is 10.3 Å². The van der Waals surface area contributed by atoms with Crippen LogP contribution in [0.3, 0.4) is 0 Å². The third-order valence-electron chi connectivity index (χ3n) is 3.24. The van der Waals surface area contributed by atoms with Crippen molar-refractivity contribution in [1.29, 1.82) is 0 Å². The van der Waals surface area contributed by atoms with E-state index in [1.165, 1.54) is 12.1 Å². The number of hydrogen-bond donors (Lipinski definition) is 1. The van der Waals surface area contributed by atoms with E-state index >= 15 is 0 Å². The van der Waals surface area contributed by atoms with Gasteiger partial charge in [0.1, 0.15) is 0 Å². The number of aryl methyl sites for hydroxylation is 1.